The summed E-state index contributed by atoms with van der Waals surface area (Å²) >= 11 is 0. The monoisotopic (exact) mass is 356 g/mol. The Morgan fingerprint density at radius 1 is 1.50 bits per heavy atom. The Morgan fingerprint density at radius 2 is 2.23 bits per heavy atom. The molecule has 0 fully saturated rings. The van der Waals surface area contributed by atoms with Gasteiger partial charge in [-0.3, -0.25) is 9.48 Å². The predicted molar refractivity (Wildman–Crippen MR) is 99.2 cm³/mol. The molecule has 0 unspecified atom stereocenters. The number of aryl methyl sites for hydroxylation is 1. The largest absolute Gasteiger partial charge is 0.395 e. The Bertz CT molecular complexity index is 881. The van der Waals surface area contributed by atoms with E-state index in [0.717, 1.165) is 5.69 Å². The second kappa shape index (κ2) is 8.09. The number of aromatic nitrogens is 2. The summed E-state index contributed by atoms with van der Waals surface area (Å²) in [7, 11) is 3.44. The maximum atomic E-state index is 11.5. The van der Waals surface area contributed by atoms with Gasteiger partial charge < -0.3 is 21.1 Å². The molecule has 0 saturated carbocycles. The molecule has 1 heterocycles. The van der Waals surface area contributed by atoms with Gasteiger partial charge in [-0.15, -0.1) is 10.2 Å². The summed E-state index contributed by atoms with van der Waals surface area (Å²) in [6.07, 6.45) is 0. The summed E-state index contributed by atoms with van der Waals surface area (Å²) in [6, 6.07) is 5.22. The van der Waals surface area contributed by atoms with Crippen molar-refractivity contribution in [1.29, 1.82) is 0 Å². The number of carbonyl (C=O) groups is 1. The highest BCUT2D eigenvalue weighted by molar-refractivity contribution is 5.93. The number of carbonyl (C=O) groups excluding carboxylic acids is 1. The lowest BCUT2D eigenvalue weighted by Gasteiger charge is -2.19. The smallest absolute Gasteiger partial charge is 0.274 e. The third-order valence-electron chi connectivity index (χ3n) is 3.55. The highest BCUT2D eigenvalue weighted by Crippen LogP contribution is 2.36. The van der Waals surface area contributed by atoms with E-state index in [4.69, 9.17) is 17.4 Å². The van der Waals surface area contributed by atoms with Crippen LogP contribution in [0.4, 0.5) is 34.4 Å². The van der Waals surface area contributed by atoms with Crippen LogP contribution < -0.4 is 16.0 Å². The van der Waals surface area contributed by atoms with E-state index in [-0.39, 0.29) is 29.8 Å². The van der Waals surface area contributed by atoms with Gasteiger partial charge in [0.1, 0.15) is 5.69 Å². The molecular formula is C16H20N8O2. The molecule has 0 radical (unpaired) electrons. The highest BCUT2D eigenvalue weighted by Gasteiger charge is 2.14. The Labute approximate surface area is 150 Å². The molecule has 2 rings (SSSR count). The Kier molecular flexibility index (Phi) is 5.87. The molecule has 10 heteroatoms. The standard InChI is InChI=1S/C16H20N8O2/c1-10(26)19-13-9-11(23(3)7-8-25)5-6-12(13)20-21-16-14(18-2)15(17)22-24(16)4/h5-6,9,25H,7-8H2,1,3-4H3,(H2,17,22)(H,19,26). The van der Waals surface area contributed by atoms with E-state index in [1.165, 1.54) is 11.6 Å². The van der Waals surface area contributed by atoms with Crippen LogP contribution in [0.15, 0.2) is 28.4 Å². The van der Waals surface area contributed by atoms with E-state index in [2.05, 4.69) is 25.5 Å². The van der Waals surface area contributed by atoms with Crippen molar-refractivity contribution in [1.82, 2.24) is 9.78 Å². The number of amides is 1. The first-order chi connectivity index (χ1) is 12.4. The van der Waals surface area contributed by atoms with Crippen molar-refractivity contribution in [3.05, 3.63) is 29.6 Å². The zero-order valence-corrected chi connectivity index (χ0v) is 14.8. The topological polar surface area (TPSA) is 125 Å². The zero-order valence-electron chi connectivity index (χ0n) is 14.8. The van der Waals surface area contributed by atoms with Crippen LogP contribution in [0.5, 0.6) is 0 Å². The van der Waals surface area contributed by atoms with Crippen molar-refractivity contribution < 1.29 is 9.90 Å². The number of likely N-dealkylation sites (N-methyl/N-ethyl adjacent to an activating group) is 1. The Balaban J connectivity index is 2.42. The van der Waals surface area contributed by atoms with Gasteiger partial charge in [0.05, 0.1) is 18.9 Å². The van der Waals surface area contributed by atoms with Crippen molar-refractivity contribution in [3.8, 4) is 0 Å². The van der Waals surface area contributed by atoms with Crippen molar-refractivity contribution in [2.75, 3.05) is 36.1 Å². The van der Waals surface area contributed by atoms with Gasteiger partial charge in [0.25, 0.3) is 5.69 Å². The van der Waals surface area contributed by atoms with Gasteiger partial charge >= 0.3 is 0 Å². The van der Waals surface area contributed by atoms with Gasteiger partial charge in [0, 0.05) is 33.3 Å². The van der Waals surface area contributed by atoms with Crippen LogP contribution in [0.1, 0.15) is 6.92 Å². The number of benzene rings is 1. The lowest BCUT2D eigenvalue weighted by molar-refractivity contribution is -0.114. The van der Waals surface area contributed by atoms with Gasteiger partial charge in [-0.1, -0.05) is 0 Å². The fraction of sp³-hybridized carbons (Fsp3) is 0.312. The number of hydrogen-bond acceptors (Lipinski definition) is 7. The van der Waals surface area contributed by atoms with E-state index in [1.807, 2.05) is 11.9 Å². The predicted octanol–water partition coefficient (Wildman–Crippen LogP) is 2.36. The molecule has 1 amide bonds. The van der Waals surface area contributed by atoms with E-state index in [1.54, 1.807) is 25.2 Å². The van der Waals surface area contributed by atoms with Gasteiger partial charge in [-0.05, 0) is 18.2 Å². The van der Waals surface area contributed by atoms with Crippen molar-refractivity contribution in [2.24, 2.45) is 17.3 Å². The van der Waals surface area contributed by atoms with Crippen LogP contribution in [0.3, 0.4) is 0 Å². The molecule has 1 aromatic carbocycles. The number of nitrogens with one attached hydrogen (secondary N) is 1. The van der Waals surface area contributed by atoms with Gasteiger partial charge in [0.15, 0.2) is 11.6 Å². The SMILES string of the molecule is [C-]#[N+]c1c(N)nn(C)c1N=Nc1ccc(N(C)CCO)cc1NC(C)=O. The fourth-order valence-corrected chi connectivity index (χ4v) is 2.26. The second-order valence-electron chi connectivity index (χ2n) is 5.52. The minimum atomic E-state index is -0.255. The molecule has 2 aromatic rings. The number of rotatable bonds is 6. The molecule has 10 nitrogen and oxygen atoms in total. The number of azo groups is 1. The minimum Gasteiger partial charge on any atom is -0.395 e. The summed E-state index contributed by atoms with van der Waals surface area (Å²) in [6.45, 7) is 9.03. The van der Waals surface area contributed by atoms with Gasteiger partial charge in [-0.2, -0.15) is 5.10 Å². The molecule has 136 valence electrons. The maximum Gasteiger partial charge on any atom is 0.274 e. The third-order valence-corrected chi connectivity index (χ3v) is 3.55. The molecule has 0 atom stereocenters. The summed E-state index contributed by atoms with van der Waals surface area (Å²) < 4.78 is 1.37. The quantitative estimate of drug-likeness (QED) is 0.541. The number of nitrogens with zero attached hydrogens (tertiary/aromatic N) is 6. The summed E-state index contributed by atoms with van der Waals surface area (Å²) in [5.74, 6) is 0.0577. The molecule has 0 aliphatic carbocycles. The number of nitrogens with two attached hydrogens (primary N) is 1. The average molecular weight is 356 g/mol. The molecule has 0 spiro atoms. The normalized spacial score (nSPS) is 10.7. The Hall–Kier alpha value is -3.45. The van der Waals surface area contributed by atoms with Crippen LogP contribution in [0.25, 0.3) is 4.85 Å². The highest BCUT2D eigenvalue weighted by atomic mass is 16.3. The number of nitrogen functional groups attached to an aromatic ring is 1. The van der Waals surface area contributed by atoms with Crippen molar-refractivity contribution in [2.45, 2.75) is 6.92 Å². The molecule has 0 aliphatic heterocycles. The third kappa shape index (κ3) is 4.14. The summed E-state index contributed by atoms with van der Waals surface area (Å²) in [5, 5.41) is 23.9. The van der Waals surface area contributed by atoms with E-state index >= 15 is 0 Å². The van der Waals surface area contributed by atoms with Crippen molar-refractivity contribution >= 4 is 40.3 Å². The number of aliphatic hydroxyl groups excluding tert-OH is 1. The molecule has 0 saturated heterocycles. The summed E-state index contributed by atoms with van der Waals surface area (Å²) in [4.78, 5) is 16.7. The lowest BCUT2D eigenvalue weighted by atomic mass is 10.2. The second-order valence-corrected chi connectivity index (χ2v) is 5.52. The summed E-state index contributed by atoms with van der Waals surface area (Å²) in [5.41, 5.74) is 7.47. The first-order valence-corrected chi connectivity index (χ1v) is 7.72. The molecular weight excluding hydrogens is 336 g/mol. The number of anilines is 3. The first-order valence-electron chi connectivity index (χ1n) is 7.72. The van der Waals surface area contributed by atoms with Crippen LogP contribution in [-0.2, 0) is 11.8 Å². The first kappa shape index (κ1) is 18.9. The average Bonchev–Trinajstić information content (AvgIpc) is 2.86. The Morgan fingerprint density at radius 3 is 2.85 bits per heavy atom. The van der Waals surface area contributed by atoms with E-state index in [0.29, 0.717) is 17.9 Å². The molecule has 26 heavy (non-hydrogen) atoms. The van der Waals surface area contributed by atoms with Crippen LogP contribution >= 0.6 is 0 Å². The molecule has 0 aliphatic rings. The minimum absolute atomic E-state index is 0.00867. The van der Waals surface area contributed by atoms with Crippen LogP contribution in [0.2, 0.25) is 0 Å². The maximum absolute atomic E-state index is 11.5. The van der Waals surface area contributed by atoms with E-state index < -0.39 is 0 Å². The fourth-order valence-electron chi connectivity index (χ4n) is 2.26. The van der Waals surface area contributed by atoms with Crippen LogP contribution in [-0.4, -0.2) is 41.0 Å². The molecule has 0 bridgehead atoms. The van der Waals surface area contributed by atoms with E-state index in [9.17, 15) is 4.79 Å². The number of aliphatic hydroxyl groups is 1. The zero-order chi connectivity index (χ0) is 19.3. The van der Waals surface area contributed by atoms with Gasteiger partial charge in [0.2, 0.25) is 5.91 Å². The molecule has 1 aromatic heterocycles. The van der Waals surface area contributed by atoms with Gasteiger partial charge in [-0.25, -0.2) is 4.85 Å². The van der Waals surface area contributed by atoms with Crippen molar-refractivity contribution in [3.63, 3.8) is 0 Å². The number of hydrogen-bond donors (Lipinski definition) is 3. The van der Waals surface area contributed by atoms with Crippen LogP contribution in [0, 0.1) is 6.57 Å². The molecule has 4 N–H and O–H groups in total. The lowest BCUT2D eigenvalue weighted by Crippen LogP contribution is -2.21.